The second kappa shape index (κ2) is 10.9. The summed E-state index contributed by atoms with van der Waals surface area (Å²) >= 11 is 3.10. The summed E-state index contributed by atoms with van der Waals surface area (Å²) in [4.78, 5) is 18.2. The molecule has 0 saturated carbocycles. The van der Waals surface area contributed by atoms with Gasteiger partial charge in [-0.2, -0.15) is 16.5 Å². The predicted molar refractivity (Wildman–Crippen MR) is 122 cm³/mol. The Bertz CT molecular complexity index is 940. The number of sulfonamides is 1. The minimum atomic E-state index is -3.77. The molecule has 29 heavy (non-hydrogen) atoms. The molecule has 2 N–H and O–H groups in total. The van der Waals surface area contributed by atoms with Gasteiger partial charge in [-0.25, -0.2) is 13.4 Å². The Morgan fingerprint density at radius 2 is 1.97 bits per heavy atom. The van der Waals surface area contributed by atoms with Crippen LogP contribution in [0, 0.1) is 13.8 Å². The van der Waals surface area contributed by atoms with Crippen LogP contribution in [0.15, 0.2) is 35.7 Å². The molecule has 0 aliphatic carbocycles. The fraction of sp³-hybridized carbons (Fsp3) is 0.400. The van der Waals surface area contributed by atoms with Crippen LogP contribution in [0.4, 0.5) is 0 Å². The van der Waals surface area contributed by atoms with E-state index in [1.165, 1.54) is 17.4 Å². The number of amides is 1. The molecule has 0 aliphatic heterocycles. The van der Waals surface area contributed by atoms with Gasteiger partial charge in [0.25, 0.3) is 0 Å². The molecule has 1 aromatic carbocycles. The molecular formula is C20H27N3O3S3. The Hall–Kier alpha value is -1.68. The fourth-order valence-corrected chi connectivity index (χ4v) is 5.22. The lowest BCUT2D eigenvalue weighted by atomic mass is 10.2. The second-order valence-corrected chi connectivity index (χ2v) is 10.4. The first-order valence-corrected chi connectivity index (χ1v) is 13.0. The van der Waals surface area contributed by atoms with E-state index in [0.717, 1.165) is 26.6 Å². The lowest BCUT2D eigenvalue weighted by Gasteiger charge is -2.20. The fourth-order valence-electron chi connectivity index (χ4n) is 2.78. The Morgan fingerprint density at radius 3 is 2.55 bits per heavy atom. The minimum absolute atomic E-state index is 0.241. The van der Waals surface area contributed by atoms with E-state index in [-0.39, 0.29) is 11.9 Å². The number of nitrogens with one attached hydrogen (secondary N) is 2. The first-order chi connectivity index (χ1) is 13.7. The molecular weight excluding hydrogens is 426 g/mol. The van der Waals surface area contributed by atoms with E-state index in [9.17, 15) is 13.2 Å². The van der Waals surface area contributed by atoms with Gasteiger partial charge >= 0.3 is 0 Å². The van der Waals surface area contributed by atoms with Crippen LogP contribution in [0.2, 0.25) is 0 Å². The van der Waals surface area contributed by atoms with Crippen LogP contribution >= 0.6 is 23.1 Å². The number of thiazole rings is 1. The van der Waals surface area contributed by atoms with Gasteiger partial charge in [-0.15, -0.1) is 11.3 Å². The zero-order chi connectivity index (χ0) is 21.4. The number of hydrogen-bond acceptors (Lipinski definition) is 6. The van der Waals surface area contributed by atoms with Crippen LogP contribution in [0.5, 0.6) is 0 Å². The van der Waals surface area contributed by atoms with Crippen molar-refractivity contribution in [3.8, 4) is 0 Å². The molecule has 0 aliphatic rings. The molecule has 0 bridgehead atoms. The van der Waals surface area contributed by atoms with Crippen LogP contribution in [0.25, 0.3) is 6.08 Å². The van der Waals surface area contributed by atoms with Crippen molar-refractivity contribution in [1.29, 1.82) is 0 Å². The first kappa shape index (κ1) is 23.6. The number of thioether (sulfide) groups is 1. The summed E-state index contributed by atoms with van der Waals surface area (Å²) in [5, 5.41) is 4.96. The van der Waals surface area contributed by atoms with Crippen molar-refractivity contribution in [1.82, 2.24) is 15.0 Å². The van der Waals surface area contributed by atoms with Crippen molar-refractivity contribution in [3.05, 3.63) is 56.9 Å². The SMILES string of the molecule is CSCCC(NS(=O)(=O)C=Cc1ccccc1)C(=O)NC(C)c1sc(C)nc1C. The number of carbonyl (C=O) groups is 1. The number of aryl methyl sites for hydroxylation is 2. The van der Waals surface area contributed by atoms with Gasteiger partial charge in [0.1, 0.15) is 6.04 Å². The van der Waals surface area contributed by atoms with Gasteiger partial charge in [0.05, 0.1) is 16.7 Å². The van der Waals surface area contributed by atoms with Crippen molar-refractivity contribution in [2.45, 2.75) is 39.3 Å². The molecule has 0 saturated heterocycles. The van der Waals surface area contributed by atoms with Gasteiger partial charge in [0, 0.05) is 10.3 Å². The molecule has 0 radical (unpaired) electrons. The van der Waals surface area contributed by atoms with Gasteiger partial charge in [-0.3, -0.25) is 4.79 Å². The van der Waals surface area contributed by atoms with Crippen LogP contribution < -0.4 is 10.0 Å². The predicted octanol–water partition coefficient (Wildman–Crippen LogP) is 3.65. The van der Waals surface area contributed by atoms with E-state index in [0.29, 0.717) is 12.2 Å². The average molecular weight is 454 g/mol. The summed E-state index contributed by atoms with van der Waals surface area (Å²) in [5.41, 5.74) is 1.65. The maximum absolute atomic E-state index is 12.8. The van der Waals surface area contributed by atoms with Gasteiger partial charge in [-0.1, -0.05) is 30.3 Å². The lowest BCUT2D eigenvalue weighted by molar-refractivity contribution is -0.123. The molecule has 1 aromatic heterocycles. The van der Waals surface area contributed by atoms with E-state index in [1.54, 1.807) is 11.8 Å². The third-order valence-corrected chi connectivity index (χ3v) is 7.17. The van der Waals surface area contributed by atoms with E-state index in [2.05, 4.69) is 15.0 Å². The molecule has 158 valence electrons. The summed E-state index contributed by atoms with van der Waals surface area (Å²) < 4.78 is 27.5. The molecule has 0 fully saturated rings. The van der Waals surface area contributed by atoms with Gasteiger partial charge in [0.15, 0.2) is 0 Å². The molecule has 2 rings (SSSR count). The van der Waals surface area contributed by atoms with Crippen molar-refractivity contribution in [2.75, 3.05) is 12.0 Å². The summed E-state index contributed by atoms with van der Waals surface area (Å²) in [6.45, 7) is 5.71. The monoisotopic (exact) mass is 453 g/mol. The smallest absolute Gasteiger partial charge is 0.238 e. The zero-order valence-electron chi connectivity index (χ0n) is 17.0. The topological polar surface area (TPSA) is 88.2 Å². The molecule has 1 heterocycles. The first-order valence-electron chi connectivity index (χ1n) is 9.20. The maximum Gasteiger partial charge on any atom is 0.238 e. The highest BCUT2D eigenvalue weighted by molar-refractivity contribution is 7.98. The van der Waals surface area contributed by atoms with Crippen LogP contribution in [-0.2, 0) is 14.8 Å². The Morgan fingerprint density at radius 1 is 1.28 bits per heavy atom. The standard InChI is InChI=1S/C20H27N3O3S3/c1-14-19(28-16(3)21-14)15(2)22-20(24)18(10-12-27-4)23-29(25,26)13-11-17-8-6-5-7-9-17/h5-9,11,13,15,18,23H,10,12H2,1-4H3,(H,22,24). The van der Waals surface area contributed by atoms with Gasteiger partial charge in [-0.05, 0) is 50.8 Å². The molecule has 6 nitrogen and oxygen atoms in total. The molecule has 2 unspecified atom stereocenters. The van der Waals surface area contributed by atoms with Crippen molar-refractivity contribution in [2.24, 2.45) is 0 Å². The number of rotatable bonds is 10. The van der Waals surface area contributed by atoms with Crippen LogP contribution in [0.3, 0.4) is 0 Å². The Labute approximate surface area is 181 Å². The Balaban J connectivity index is 2.09. The largest absolute Gasteiger partial charge is 0.347 e. The summed E-state index contributed by atoms with van der Waals surface area (Å²) in [6, 6.07) is 8.06. The number of carbonyl (C=O) groups excluding carboxylic acids is 1. The van der Waals surface area contributed by atoms with E-state index >= 15 is 0 Å². The lowest BCUT2D eigenvalue weighted by Crippen LogP contribution is -2.47. The second-order valence-electron chi connectivity index (χ2n) is 6.62. The van der Waals surface area contributed by atoms with Gasteiger partial charge < -0.3 is 5.32 Å². The summed E-state index contributed by atoms with van der Waals surface area (Å²) in [7, 11) is -3.77. The minimum Gasteiger partial charge on any atom is -0.347 e. The third kappa shape index (κ3) is 7.58. The number of benzene rings is 1. The molecule has 0 spiro atoms. The van der Waals surface area contributed by atoms with E-state index in [1.807, 2.05) is 57.4 Å². The molecule has 2 aromatic rings. The zero-order valence-corrected chi connectivity index (χ0v) is 19.5. The van der Waals surface area contributed by atoms with Crippen LogP contribution in [0.1, 0.15) is 40.5 Å². The van der Waals surface area contributed by atoms with E-state index in [4.69, 9.17) is 0 Å². The van der Waals surface area contributed by atoms with E-state index < -0.39 is 16.1 Å². The number of hydrogen-bond donors (Lipinski definition) is 2. The summed E-state index contributed by atoms with van der Waals surface area (Å²) in [5.74, 6) is 0.324. The highest BCUT2D eigenvalue weighted by Gasteiger charge is 2.25. The third-order valence-electron chi connectivity index (χ3n) is 4.16. The Kier molecular flexibility index (Phi) is 8.88. The highest BCUT2D eigenvalue weighted by Crippen LogP contribution is 2.24. The van der Waals surface area contributed by atoms with Gasteiger partial charge in [0.2, 0.25) is 15.9 Å². The van der Waals surface area contributed by atoms with Crippen molar-refractivity contribution in [3.63, 3.8) is 0 Å². The van der Waals surface area contributed by atoms with Crippen LogP contribution in [-0.4, -0.2) is 37.4 Å². The molecule has 1 amide bonds. The number of aromatic nitrogens is 1. The number of nitrogens with zero attached hydrogens (tertiary/aromatic N) is 1. The van der Waals surface area contributed by atoms with Crippen molar-refractivity contribution >= 4 is 45.1 Å². The highest BCUT2D eigenvalue weighted by atomic mass is 32.2. The molecule has 9 heteroatoms. The maximum atomic E-state index is 12.8. The quantitative estimate of drug-likeness (QED) is 0.573. The summed E-state index contributed by atoms with van der Waals surface area (Å²) in [6.07, 6.45) is 3.83. The molecule has 2 atom stereocenters. The van der Waals surface area contributed by atoms with Crippen molar-refractivity contribution < 1.29 is 13.2 Å². The average Bonchev–Trinajstić information content (AvgIpc) is 3.02. The normalized spacial score (nSPS) is 14.1.